The highest BCUT2D eigenvalue weighted by Gasteiger charge is 2.53. The third-order valence-corrected chi connectivity index (χ3v) is 5.09. The van der Waals surface area contributed by atoms with E-state index in [1.807, 2.05) is 0 Å². The Hall–Kier alpha value is -1.66. The fourth-order valence-electron chi connectivity index (χ4n) is 3.76. The van der Waals surface area contributed by atoms with Crippen molar-refractivity contribution in [2.45, 2.75) is 51.2 Å². The molecule has 0 bridgehead atoms. The van der Waals surface area contributed by atoms with Gasteiger partial charge in [-0.15, -0.1) is 12.4 Å². The van der Waals surface area contributed by atoms with Gasteiger partial charge < -0.3 is 16.4 Å². The number of amides is 2. The number of hydrogen-bond acceptors (Lipinski definition) is 3. The fraction of sp³-hybridized carbons (Fsp3) is 0.529. The van der Waals surface area contributed by atoms with Crippen molar-refractivity contribution < 1.29 is 14.0 Å². The van der Waals surface area contributed by atoms with Crippen LogP contribution in [-0.4, -0.2) is 17.9 Å². The van der Waals surface area contributed by atoms with Crippen LogP contribution in [0.15, 0.2) is 18.2 Å². The van der Waals surface area contributed by atoms with Crippen LogP contribution in [0.2, 0.25) is 0 Å². The van der Waals surface area contributed by atoms with Gasteiger partial charge in [-0.3, -0.25) is 9.59 Å². The van der Waals surface area contributed by atoms with E-state index in [4.69, 9.17) is 5.73 Å². The molecular weight excluding hydrogens is 333 g/mol. The molecule has 1 heterocycles. The van der Waals surface area contributed by atoms with E-state index in [9.17, 15) is 14.0 Å². The van der Waals surface area contributed by atoms with E-state index in [0.29, 0.717) is 17.5 Å². The minimum atomic E-state index is -0.664. The molecular formula is C17H23ClFN3O2. The van der Waals surface area contributed by atoms with Crippen molar-refractivity contribution >= 4 is 24.2 Å². The summed E-state index contributed by atoms with van der Waals surface area (Å²) >= 11 is 0. The van der Waals surface area contributed by atoms with Gasteiger partial charge in [0, 0.05) is 31.1 Å². The Morgan fingerprint density at radius 3 is 2.92 bits per heavy atom. The van der Waals surface area contributed by atoms with Gasteiger partial charge >= 0.3 is 0 Å². The highest BCUT2D eigenvalue weighted by atomic mass is 35.5. The van der Waals surface area contributed by atoms with E-state index in [0.717, 1.165) is 19.3 Å². The minimum absolute atomic E-state index is 0. The van der Waals surface area contributed by atoms with E-state index in [1.54, 1.807) is 12.1 Å². The molecule has 0 radical (unpaired) electrons. The number of nitrogens with two attached hydrogens (primary N) is 1. The number of benzene rings is 1. The lowest BCUT2D eigenvalue weighted by Crippen LogP contribution is -2.50. The van der Waals surface area contributed by atoms with Crippen molar-refractivity contribution in [1.29, 1.82) is 0 Å². The molecule has 1 saturated carbocycles. The van der Waals surface area contributed by atoms with Crippen LogP contribution < -0.4 is 16.4 Å². The predicted octanol–water partition coefficient (Wildman–Crippen LogP) is 1.77. The van der Waals surface area contributed by atoms with Crippen LogP contribution in [-0.2, 0) is 22.7 Å². The average molecular weight is 356 g/mol. The number of halogens is 2. The molecule has 4 N–H and O–H groups in total. The van der Waals surface area contributed by atoms with Gasteiger partial charge in [-0.1, -0.05) is 25.0 Å². The highest BCUT2D eigenvalue weighted by molar-refractivity contribution is 5.93. The van der Waals surface area contributed by atoms with Crippen LogP contribution >= 0.6 is 12.4 Å². The van der Waals surface area contributed by atoms with Crippen LogP contribution in [0.1, 0.15) is 43.2 Å². The van der Waals surface area contributed by atoms with Crippen LogP contribution in [0, 0.1) is 11.2 Å². The number of rotatable bonds is 4. The lowest BCUT2D eigenvalue weighted by molar-refractivity contribution is -0.134. The van der Waals surface area contributed by atoms with Crippen molar-refractivity contribution in [1.82, 2.24) is 10.6 Å². The molecule has 7 heteroatoms. The van der Waals surface area contributed by atoms with E-state index < -0.39 is 5.41 Å². The summed E-state index contributed by atoms with van der Waals surface area (Å²) in [6.45, 7) is 0.403. The normalized spacial score (nSPS) is 25.4. The predicted molar refractivity (Wildman–Crippen MR) is 90.8 cm³/mol. The molecule has 2 amide bonds. The Balaban J connectivity index is 0.00000208. The van der Waals surface area contributed by atoms with Crippen molar-refractivity contribution in [3.8, 4) is 0 Å². The molecule has 24 heavy (non-hydrogen) atoms. The number of hydrogen-bond donors (Lipinski definition) is 3. The van der Waals surface area contributed by atoms with E-state index in [2.05, 4.69) is 10.6 Å². The fourth-order valence-corrected chi connectivity index (χ4v) is 3.76. The molecule has 132 valence electrons. The highest BCUT2D eigenvalue weighted by Crippen LogP contribution is 2.43. The zero-order chi connectivity index (χ0) is 16.4. The van der Waals surface area contributed by atoms with Crippen LogP contribution in [0.3, 0.4) is 0 Å². The molecule has 2 atom stereocenters. The molecule has 5 nitrogen and oxygen atoms in total. The second kappa shape index (κ2) is 7.49. The Morgan fingerprint density at radius 2 is 2.21 bits per heavy atom. The molecule has 0 spiro atoms. The van der Waals surface area contributed by atoms with E-state index in [1.165, 1.54) is 6.07 Å². The molecule has 1 saturated heterocycles. The molecule has 1 aromatic carbocycles. The lowest BCUT2D eigenvalue weighted by atomic mass is 9.70. The zero-order valence-corrected chi connectivity index (χ0v) is 14.3. The summed E-state index contributed by atoms with van der Waals surface area (Å²) < 4.78 is 14.0. The molecule has 3 rings (SSSR count). The Labute approximate surface area is 147 Å². The third-order valence-electron chi connectivity index (χ3n) is 5.09. The number of fused-ring (bicyclic) bond motifs is 1. The van der Waals surface area contributed by atoms with Crippen LogP contribution in [0.25, 0.3) is 0 Å². The minimum Gasteiger partial charge on any atom is -0.352 e. The summed E-state index contributed by atoms with van der Waals surface area (Å²) in [5, 5.41) is 5.74. The summed E-state index contributed by atoms with van der Waals surface area (Å²) in [5.74, 6) is -0.583. The standard InChI is InChI=1S/C17H22FN3O2.ClH/c18-13-7-11(9-19)4-5-12(13)10-20-16(23)17-6-2-1-3-14(17)21-15(22)8-17;/h4-5,7,14H,1-3,6,8-10,19H2,(H,20,23)(H,21,22);1H/t14-,17+;/m0./s1. The first-order chi connectivity index (χ1) is 11.0. The summed E-state index contributed by atoms with van der Waals surface area (Å²) in [5.41, 5.74) is 5.96. The summed E-state index contributed by atoms with van der Waals surface area (Å²) in [6.07, 6.45) is 3.74. The molecule has 1 aromatic rings. The van der Waals surface area contributed by atoms with Crippen molar-refractivity contribution in [3.63, 3.8) is 0 Å². The maximum absolute atomic E-state index is 14.0. The number of carbonyl (C=O) groups excluding carboxylic acids is 2. The SMILES string of the molecule is Cl.NCc1ccc(CNC(=O)[C@@]23CCCC[C@@H]2NC(=O)C3)c(F)c1. The largest absolute Gasteiger partial charge is 0.352 e. The second-order valence-electron chi connectivity index (χ2n) is 6.51. The summed E-state index contributed by atoms with van der Waals surface area (Å²) in [7, 11) is 0. The smallest absolute Gasteiger partial charge is 0.229 e. The first kappa shape index (κ1) is 18.7. The molecule has 0 unspecified atom stereocenters. The molecule has 2 aliphatic rings. The zero-order valence-electron chi connectivity index (χ0n) is 13.4. The first-order valence-electron chi connectivity index (χ1n) is 8.10. The summed E-state index contributed by atoms with van der Waals surface area (Å²) in [6, 6.07) is 4.70. The van der Waals surface area contributed by atoms with Gasteiger partial charge in [0.05, 0.1) is 5.41 Å². The Morgan fingerprint density at radius 1 is 1.42 bits per heavy atom. The first-order valence-corrected chi connectivity index (χ1v) is 8.10. The van der Waals surface area contributed by atoms with E-state index in [-0.39, 0.29) is 55.6 Å². The Kier molecular flexibility index (Phi) is 5.83. The monoisotopic (exact) mass is 355 g/mol. The average Bonchev–Trinajstić information content (AvgIpc) is 2.90. The Bertz CT molecular complexity index is 640. The van der Waals surface area contributed by atoms with Gasteiger partial charge in [-0.25, -0.2) is 4.39 Å². The van der Waals surface area contributed by atoms with Crippen molar-refractivity contribution in [2.24, 2.45) is 11.1 Å². The maximum Gasteiger partial charge on any atom is 0.229 e. The summed E-state index contributed by atoms with van der Waals surface area (Å²) in [4.78, 5) is 24.5. The van der Waals surface area contributed by atoms with E-state index >= 15 is 0 Å². The van der Waals surface area contributed by atoms with Gasteiger partial charge in [0.15, 0.2) is 0 Å². The quantitative estimate of drug-likeness (QED) is 0.769. The third kappa shape index (κ3) is 3.39. The maximum atomic E-state index is 14.0. The van der Waals surface area contributed by atoms with Crippen LogP contribution in [0.5, 0.6) is 0 Å². The molecule has 2 fully saturated rings. The van der Waals surface area contributed by atoms with Gasteiger partial charge in [0.2, 0.25) is 11.8 Å². The lowest BCUT2D eigenvalue weighted by Gasteiger charge is -2.36. The van der Waals surface area contributed by atoms with Crippen LogP contribution in [0.4, 0.5) is 4.39 Å². The van der Waals surface area contributed by atoms with Gasteiger partial charge in [-0.05, 0) is 24.5 Å². The van der Waals surface area contributed by atoms with Crippen molar-refractivity contribution in [2.75, 3.05) is 0 Å². The molecule has 1 aliphatic carbocycles. The molecule has 1 aliphatic heterocycles. The topological polar surface area (TPSA) is 84.2 Å². The van der Waals surface area contributed by atoms with Gasteiger partial charge in [0.25, 0.3) is 0 Å². The van der Waals surface area contributed by atoms with Gasteiger partial charge in [-0.2, -0.15) is 0 Å². The molecule has 0 aromatic heterocycles. The number of nitrogens with one attached hydrogen (secondary N) is 2. The van der Waals surface area contributed by atoms with Crippen molar-refractivity contribution in [3.05, 3.63) is 35.1 Å². The number of carbonyl (C=O) groups is 2. The second-order valence-corrected chi connectivity index (χ2v) is 6.51. The van der Waals surface area contributed by atoms with Gasteiger partial charge in [0.1, 0.15) is 5.82 Å².